The third-order valence-corrected chi connectivity index (χ3v) is 4.75. The number of hydrogen-bond donors (Lipinski definition) is 1. The van der Waals surface area contributed by atoms with Crippen molar-refractivity contribution < 1.29 is 4.79 Å². The molecule has 5 nitrogen and oxygen atoms in total. The van der Waals surface area contributed by atoms with Crippen molar-refractivity contribution >= 4 is 11.7 Å². The van der Waals surface area contributed by atoms with Crippen LogP contribution in [0.3, 0.4) is 0 Å². The number of benzene rings is 1. The second-order valence-electron chi connectivity index (χ2n) is 6.10. The van der Waals surface area contributed by atoms with Crippen molar-refractivity contribution in [3.63, 3.8) is 0 Å². The number of carbonyl (C=O) groups excluding carboxylic acids is 1. The van der Waals surface area contributed by atoms with E-state index in [0.717, 1.165) is 42.9 Å². The lowest BCUT2D eigenvalue weighted by Crippen LogP contribution is -2.35. The van der Waals surface area contributed by atoms with Crippen molar-refractivity contribution in [2.45, 2.75) is 46.2 Å². The highest BCUT2D eigenvalue weighted by molar-refractivity contribution is 5.90. The molecule has 2 amide bonds. The van der Waals surface area contributed by atoms with Crippen LogP contribution in [0.2, 0.25) is 0 Å². The van der Waals surface area contributed by atoms with E-state index in [4.69, 9.17) is 0 Å². The number of aromatic nitrogens is 2. The van der Waals surface area contributed by atoms with Crippen molar-refractivity contribution in [1.82, 2.24) is 14.7 Å². The Labute approximate surface area is 137 Å². The summed E-state index contributed by atoms with van der Waals surface area (Å²) in [5.74, 6) is 0. The molecule has 1 aromatic heterocycles. The second-order valence-corrected chi connectivity index (χ2v) is 6.10. The SMILES string of the molecule is CCn1nccc1[C@@H]1CCCN1C(=O)Nc1cccc(C)c1C. The zero-order valence-corrected chi connectivity index (χ0v) is 14.0. The molecule has 0 bridgehead atoms. The van der Waals surface area contributed by atoms with E-state index in [0.29, 0.717) is 0 Å². The van der Waals surface area contributed by atoms with Gasteiger partial charge in [0.1, 0.15) is 0 Å². The minimum absolute atomic E-state index is 0.0231. The van der Waals surface area contributed by atoms with Gasteiger partial charge in [0.05, 0.1) is 11.7 Å². The summed E-state index contributed by atoms with van der Waals surface area (Å²) in [5.41, 5.74) is 4.32. The number of carbonyl (C=O) groups is 1. The summed E-state index contributed by atoms with van der Waals surface area (Å²) < 4.78 is 1.98. The molecule has 1 aromatic carbocycles. The van der Waals surface area contributed by atoms with Crippen LogP contribution in [0.5, 0.6) is 0 Å². The average Bonchev–Trinajstić information content (AvgIpc) is 3.19. The zero-order chi connectivity index (χ0) is 16.4. The Bertz CT molecular complexity index is 707. The molecule has 0 saturated carbocycles. The Morgan fingerprint density at radius 1 is 1.35 bits per heavy atom. The van der Waals surface area contributed by atoms with Crippen LogP contribution in [-0.2, 0) is 6.54 Å². The third kappa shape index (κ3) is 2.96. The van der Waals surface area contributed by atoms with E-state index in [9.17, 15) is 4.79 Å². The van der Waals surface area contributed by atoms with Gasteiger partial charge >= 0.3 is 6.03 Å². The van der Waals surface area contributed by atoms with Crippen LogP contribution in [0.25, 0.3) is 0 Å². The summed E-state index contributed by atoms with van der Waals surface area (Å²) in [7, 11) is 0. The monoisotopic (exact) mass is 312 g/mol. The Balaban J connectivity index is 1.80. The largest absolute Gasteiger partial charge is 0.322 e. The smallest absolute Gasteiger partial charge is 0.316 e. The fourth-order valence-corrected chi connectivity index (χ4v) is 3.28. The predicted molar refractivity (Wildman–Crippen MR) is 91.5 cm³/mol. The van der Waals surface area contributed by atoms with Crippen LogP contribution in [0, 0.1) is 13.8 Å². The van der Waals surface area contributed by atoms with E-state index in [1.165, 1.54) is 5.56 Å². The van der Waals surface area contributed by atoms with Gasteiger partial charge in [0.15, 0.2) is 0 Å². The molecule has 0 radical (unpaired) electrons. The maximum atomic E-state index is 12.8. The summed E-state index contributed by atoms with van der Waals surface area (Å²) in [5, 5.41) is 7.42. The molecule has 0 aliphatic carbocycles. The molecule has 1 N–H and O–H groups in total. The minimum Gasteiger partial charge on any atom is -0.316 e. The molecule has 1 aliphatic heterocycles. The van der Waals surface area contributed by atoms with Gasteiger partial charge in [-0.05, 0) is 56.9 Å². The molecule has 1 atom stereocenters. The normalized spacial score (nSPS) is 17.5. The summed E-state index contributed by atoms with van der Waals surface area (Å²) >= 11 is 0. The Hall–Kier alpha value is -2.30. The van der Waals surface area contributed by atoms with E-state index in [-0.39, 0.29) is 12.1 Å². The molecule has 1 aliphatic rings. The van der Waals surface area contributed by atoms with Crippen molar-refractivity contribution in [3.05, 3.63) is 47.3 Å². The molecule has 1 saturated heterocycles. The van der Waals surface area contributed by atoms with Gasteiger partial charge in [-0.25, -0.2) is 4.79 Å². The molecular formula is C18H24N4O. The van der Waals surface area contributed by atoms with Gasteiger partial charge in [0.25, 0.3) is 0 Å². The fourth-order valence-electron chi connectivity index (χ4n) is 3.28. The Kier molecular flexibility index (Phi) is 4.37. The van der Waals surface area contributed by atoms with Gasteiger partial charge in [0.2, 0.25) is 0 Å². The molecular weight excluding hydrogens is 288 g/mol. The standard InChI is InChI=1S/C18H24N4O/c1-4-22-17(10-11-19-22)16-9-6-12-21(16)18(23)20-15-8-5-7-13(2)14(15)3/h5,7-8,10-11,16H,4,6,9,12H2,1-3H3,(H,20,23)/t16-/m0/s1. The molecule has 5 heteroatoms. The number of urea groups is 1. The first-order valence-electron chi connectivity index (χ1n) is 8.27. The minimum atomic E-state index is -0.0231. The van der Waals surface area contributed by atoms with Gasteiger partial charge in [-0.3, -0.25) is 4.68 Å². The third-order valence-electron chi connectivity index (χ3n) is 4.75. The number of nitrogens with zero attached hydrogens (tertiary/aromatic N) is 3. The van der Waals surface area contributed by atoms with Gasteiger partial charge < -0.3 is 10.2 Å². The summed E-state index contributed by atoms with van der Waals surface area (Å²) in [6.45, 7) is 7.79. The highest BCUT2D eigenvalue weighted by Gasteiger charge is 2.32. The van der Waals surface area contributed by atoms with E-state index >= 15 is 0 Å². The number of rotatable bonds is 3. The molecule has 2 aromatic rings. The van der Waals surface area contributed by atoms with Crippen LogP contribution in [0.1, 0.15) is 42.6 Å². The molecule has 3 rings (SSSR count). The maximum absolute atomic E-state index is 12.8. The highest BCUT2D eigenvalue weighted by atomic mass is 16.2. The predicted octanol–water partition coefficient (Wildman–Crippen LogP) is 3.89. The molecule has 0 unspecified atom stereocenters. The average molecular weight is 312 g/mol. The molecule has 23 heavy (non-hydrogen) atoms. The van der Waals surface area contributed by atoms with Crippen molar-refractivity contribution in [3.8, 4) is 0 Å². The first kappa shape index (κ1) is 15.6. The first-order valence-corrected chi connectivity index (χ1v) is 8.27. The maximum Gasteiger partial charge on any atom is 0.322 e. The van der Waals surface area contributed by atoms with E-state index in [1.54, 1.807) is 0 Å². The van der Waals surface area contributed by atoms with E-state index in [2.05, 4.69) is 30.3 Å². The first-order chi connectivity index (χ1) is 11.1. The lowest BCUT2D eigenvalue weighted by atomic mass is 10.1. The second kappa shape index (κ2) is 6.44. The van der Waals surface area contributed by atoms with Gasteiger partial charge in [-0.2, -0.15) is 5.10 Å². The number of nitrogens with one attached hydrogen (secondary N) is 1. The lowest BCUT2D eigenvalue weighted by Gasteiger charge is -2.26. The highest BCUT2D eigenvalue weighted by Crippen LogP contribution is 2.32. The Morgan fingerprint density at radius 3 is 2.96 bits per heavy atom. The number of aryl methyl sites for hydroxylation is 2. The topological polar surface area (TPSA) is 50.2 Å². The van der Waals surface area contributed by atoms with Crippen LogP contribution in [-0.4, -0.2) is 27.3 Å². The summed E-state index contributed by atoms with van der Waals surface area (Å²) in [6.07, 6.45) is 3.84. The number of hydrogen-bond acceptors (Lipinski definition) is 2. The summed E-state index contributed by atoms with van der Waals surface area (Å²) in [6, 6.07) is 8.11. The van der Waals surface area contributed by atoms with Gasteiger partial charge in [-0.15, -0.1) is 0 Å². The molecule has 0 spiro atoms. The lowest BCUT2D eigenvalue weighted by molar-refractivity contribution is 0.204. The van der Waals surface area contributed by atoms with Crippen molar-refractivity contribution in [2.75, 3.05) is 11.9 Å². The van der Waals surface area contributed by atoms with E-state index < -0.39 is 0 Å². The van der Waals surface area contributed by atoms with Crippen molar-refractivity contribution in [2.24, 2.45) is 0 Å². The zero-order valence-electron chi connectivity index (χ0n) is 14.0. The van der Waals surface area contributed by atoms with Crippen LogP contribution in [0.4, 0.5) is 10.5 Å². The number of likely N-dealkylation sites (tertiary alicyclic amines) is 1. The Morgan fingerprint density at radius 2 is 2.17 bits per heavy atom. The van der Waals surface area contributed by atoms with Gasteiger partial charge in [-0.1, -0.05) is 12.1 Å². The molecule has 2 heterocycles. The quantitative estimate of drug-likeness (QED) is 0.934. The van der Waals surface area contributed by atoms with Gasteiger partial charge in [0, 0.05) is 25.0 Å². The number of amides is 2. The van der Waals surface area contributed by atoms with Crippen LogP contribution < -0.4 is 5.32 Å². The molecule has 122 valence electrons. The van der Waals surface area contributed by atoms with Crippen molar-refractivity contribution in [1.29, 1.82) is 0 Å². The summed E-state index contributed by atoms with van der Waals surface area (Å²) in [4.78, 5) is 14.7. The molecule has 1 fully saturated rings. The van der Waals surface area contributed by atoms with Crippen LogP contribution in [0.15, 0.2) is 30.5 Å². The fraction of sp³-hybridized carbons (Fsp3) is 0.444. The number of anilines is 1. The van der Waals surface area contributed by atoms with Crippen LogP contribution >= 0.6 is 0 Å². The van der Waals surface area contributed by atoms with E-state index in [1.807, 2.05) is 40.9 Å².